The van der Waals surface area contributed by atoms with E-state index in [1.165, 1.54) is 36.4 Å². The maximum absolute atomic E-state index is 14.6. The molecule has 0 saturated carbocycles. The largest absolute Gasteiger partial charge is 0.573 e. The molecule has 0 bridgehead atoms. The van der Waals surface area contributed by atoms with Crippen LogP contribution in [-0.4, -0.2) is 42.3 Å². The van der Waals surface area contributed by atoms with E-state index in [4.69, 9.17) is 4.74 Å². The van der Waals surface area contributed by atoms with Gasteiger partial charge in [0.1, 0.15) is 29.5 Å². The van der Waals surface area contributed by atoms with Crippen LogP contribution in [0.3, 0.4) is 0 Å². The summed E-state index contributed by atoms with van der Waals surface area (Å²) >= 11 is 0. The number of hydrogen-bond acceptors (Lipinski definition) is 5. The van der Waals surface area contributed by atoms with Crippen LogP contribution in [0.5, 0.6) is 11.5 Å². The Hall–Kier alpha value is -3.64. The quantitative estimate of drug-likeness (QED) is 0.348. The number of ether oxygens (including phenoxy) is 2. The van der Waals surface area contributed by atoms with E-state index in [1.807, 2.05) is 13.8 Å². The lowest BCUT2D eigenvalue weighted by molar-refractivity contribution is -0.274. The first-order valence-electron chi connectivity index (χ1n) is 11.8. The Balaban J connectivity index is 1.66. The molecule has 7 nitrogen and oxygen atoms in total. The first-order valence-corrected chi connectivity index (χ1v) is 13.2. The van der Waals surface area contributed by atoms with Crippen LogP contribution in [0.1, 0.15) is 31.4 Å². The molecule has 1 aliphatic rings. The second-order valence-corrected chi connectivity index (χ2v) is 11.7. The summed E-state index contributed by atoms with van der Waals surface area (Å²) in [5.74, 6) is -2.18. The summed E-state index contributed by atoms with van der Waals surface area (Å²) in [5.41, 5.74) is 0.692. The summed E-state index contributed by atoms with van der Waals surface area (Å²) in [7, 11) is -4.34. The molecule has 3 aromatic carbocycles. The number of halogens is 4. The van der Waals surface area contributed by atoms with Gasteiger partial charge in [-0.15, -0.1) is 13.2 Å². The van der Waals surface area contributed by atoms with Gasteiger partial charge in [0.2, 0.25) is 10.0 Å². The van der Waals surface area contributed by atoms with Crippen molar-refractivity contribution in [2.24, 2.45) is 0 Å². The molecule has 1 heterocycles. The van der Waals surface area contributed by atoms with E-state index in [2.05, 4.69) is 4.74 Å². The third-order valence-corrected chi connectivity index (χ3v) is 7.87. The highest BCUT2D eigenvalue weighted by Gasteiger charge is 2.32. The minimum absolute atomic E-state index is 0.0972. The zero-order valence-corrected chi connectivity index (χ0v) is 21.8. The molecule has 0 amide bonds. The van der Waals surface area contributed by atoms with E-state index in [1.54, 1.807) is 0 Å². The first kappa shape index (κ1) is 28.4. The van der Waals surface area contributed by atoms with E-state index in [9.17, 15) is 35.9 Å². The third kappa shape index (κ3) is 7.07. The van der Waals surface area contributed by atoms with Crippen molar-refractivity contribution >= 4 is 16.0 Å². The Morgan fingerprint density at radius 1 is 1.08 bits per heavy atom. The predicted molar refractivity (Wildman–Crippen MR) is 133 cm³/mol. The number of aryl methyl sites for hydroxylation is 1. The van der Waals surface area contributed by atoms with E-state index in [0.29, 0.717) is 28.5 Å². The molecule has 3 aromatic rings. The SMILES string of the molecule is CC1(C)CCc2cc(S(=O)(=O)N(CC(=O)O)Cc3cc(F)cc(-c4cccc(OC(F)(F)F)c4)c3)ccc2O1. The monoisotopic (exact) mass is 567 g/mol. The molecule has 4 rings (SSSR count). The van der Waals surface area contributed by atoms with E-state index in [0.717, 1.165) is 24.3 Å². The van der Waals surface area contributed by atoms with Crippen LogP contribution in [0.15, 0.2) is 65.6 Å². The number of carboxylic acids is 1. The number of fused-ring (bicyclic) bond motifs is 1. The van der Waals surface area contributed by atoms with Gasteiger partial charge in [0, 0.05) is 6.54 Å². The van der Waals surface area contributed by atoms with Crippen LogP contribution in [0.25, 0.3) is 11.1 Å². The Kier molecular flexibility index (Phi) is 7.63. The van der Waals surface area contributed by atoms with Crippen molar-refractivity contribution in [1.82, 2.24) is 4.31 Å². The van der Waals surface area contributed by atoms with Gasteiger partial charge in [-0.25, -0.2) is 12.8 Å². The minimum atomic E-state index is -4.92. The molecule has 1 N–H and O–H groups in total. The smallest absolute Gasteiger partial charge is 0.488 e. The zero-order valence-electron chi connectivity index (χ0n) is 21.0. The van der Waals surface area contributed by atoms with Gasteiger partial charge in [-0.05, 0) is 97.5 Å². The standard InChI is InChI=1S/C27H25F4NO6S/c1-26(2)9-8-19-14-23(6-7-24(19)38-26)39(35,36)32(16-25(33)34)15-17-10-20(12-21(28)11-17)18-4-3-5-22(13-18)37-27(29,30)31/h3-7,10-14H,8-9,15-16H2,1-2H3,(H,33,34). The van der Waals surface area contributed by atoms with Crippen LogP contribution < -0.4 is 9.47 Å². The molecule has 0 aromatic heterocycles. The maximum Gasteiger partial charge on any atom is 0.573 e. The van der Waals surface area contributed by atoms with Crippen molar-refractivity contribution in [2.75, 3.05) is 6.54 Å². The number of carboxylic acid groups (broad SMARTS) is 1. The van der Waals surface area contributed by atoms with Crippen molar-refractivity contribution in [1.29, 1.82) is 0 Å². The molecule has 0 aliphatic carbocycles. The highest BCUT2D eigenvalue weighted by atomic mass is 32.2. The highest BCUT2D eigenvalue weighted by Crippen LogP contribution is 2.35. The minimum Gasteiger partial charge on any atom is -0.488 e. The molecular formula is C27H25F4NO6S. The molecule has 39 heavy (non-hydrogen) atoms. The van der Waals surface area contributed by atoms with Gasteiger partial charge in [-0.1, -0.05) is 12.1 Å². The molecule has 208 valence electrons. The van der Waals surface area contributed by atoms with Gasteiger partial charge in [-0.3, -0.25) is 4.79 Å². The van der Waals surface area contributed by atoms with Crippen molar-refractivity contribution in [3.63, 3.8) is 0 Å². The normalized spacial score (nSPS) is 14.9. The molecule has 0 saturated heterocycles. The fourth-order valence-electron chi connectivity index (χ4n) is 4.31. The number of alkyl halides is 3. The van der Waals surface area contributed by atoms with Crippen LogP contribution in [0.2, 0.25) is 0 Å². The summed E-state index contributed by atoms with van der Waals surface area (Å²) < 4.78 is 90.0. The second kappa shape index (κ2) is 10.5. The Bertz CT molecular complexity index is 1500. The highest BCUT2D eigenvalue weighted by molar-refractivity contribution is 7.89. The van der Waals surface area contributed by atoms with Crippen LogP contribution in [0.4, 0.5) is 17.6 Å². The Morgan fingerprint density at radius 2 is 1.82 bits per heavy atom. The van der Waals surface area contributed by atoms with Crippen molar-refractivity contribution in [3.05, 3.63) is 77.6 Å². The number of aliphatic carboxylic acids is 1. The lowest BCUT2D eigenvalue weighted by Gasteiger charge is -2.33. The van der Waals surface area contributed by atoms with E-state index >= 15 is 0 Å². The molecule has 12 heteroatoms. The molecule has 0 radical (unpaired) electrons. The Labute approximate surface area is 222 Å². The molecule has 0 fully saturated rings. The predicted octanol–water partition coefficient (Wildman–Crippen LogP) is 5.77. The van der Waals surface area contributed by atoms with Gasteiger partial charge in [0.15, 0.2) is 0 Å². The van der Waals surface area contributed by atoms with Gasteiger partial charge >= 0.3 is 12.3 Å². The molecular weight excluding hydrogens is 542 g/mol. The number of benzene rings is 3. The number of hydrogen-bond donors (Lipinski definition) is 1. The lowest BCUT2D eigenvalue weighted by atomic mass is 9.94. The van der Waals surface area contributed by atoms with Crippen LogP contribution in [-0.2, 0) is 27.8 Å². The average Bonchev–Trinajstić information content (AvgIpc) is 2.81. The second-order valence-electron chi connectivity index (χ2n) is 9.72. The topological polar surface area (TPSA) is 93.1 Å². The van der Waals surface area contributed by atoms with Gasteiger partial charge < -0.3 is 14.6 Å². The summed E-state index contributed by atoms with van der Waals surface area (Å²) in [6, 6.07) is 12.7. The number of sulfonamides is 1. The molecule has 1 aliphatic heterocycles. The van der Waals surface area contributed by atoms with Crippen molar-refractivity contribution in [3.8, 4) is 22.6 Å². The molecule has 0 atom stereocenters. The van der Waals surface area contributed by atoms with Crippen LogP contribution >= 0.6 is 0 Å². The third-order valence-electron chi connectivity index (χ3n) is 6.08. The summed E-state index contributed by atoms with van der Waals surface area (Å²) in [6.45, 7) is 2.44. The first-order chi connectivity index (χ1) is 18.1. The zero-order chi connectivity index (χ0) is 28.6. The lowest BCUT2D eigenvalue weighted by Crippen LogP contribution is -2.36. The summed E-state index contributed by atoms with van der Waals surface area (Å²) in [4.78, 5) is 11.4. The van der Waals surface area contributed by atoms with Gasteiger partial charge in [0.05, 0.1) is 4.90 Å². The van der Waals surface area contributed by atoms with Gasteiger partial charge in [0.25, 0.3) is 0 Å². The Morgan fingerprint density at radius 3 is 2.51 bits per heavy atom. The summed E-state index contributed by atoms with van der Waals surface area (Å²) in [5, 5.41) is 9.43. The number of rotatable bonds is 8. The number of carbonyl (C=O) groups is 1. The molecule has 0 unspecified atom stereocenters. The van der Waals surface area contributed by atoms with Crippen molar-refractivity contribution in [2.45, 2.75) is 50.1 Å². The van der Waals surface area contributed by atoms with Crippen molar-refractivity contribution < 1.29 is 45.4 Å². The van der Waals surface area contributed by atoms with E-state index in [-0.39, 0.29) is 21.6 Å². The fourth-order valence-corrected chi connectivity index (χ4v) is 5.73. The fraction of sp³-hybridized carbons (Fsp3) is 0.296. The van der Waals surface area contributed by atoms with E-state index < -0.39 is 52.6 Å². The summed E-state index contributed by atoms with van der Waals surface area (Å²) in [6.07, 6.45) is -3.70. The average molecular weight is 568 g/mol. The molecule has 0 spiro atoms. The number of nitrogens with zero attached hydrogens (tertiary/aromatic N) is 1. The van der Waals surface area contributed by atoms with Crippen LogP contribution in [0, 0.1) is 5.82 Å². The van der Waals surface area contributed by atoms with Gasteiger partial charge in [-0.2, -0.15) is 4.31 Å². The maximum atomic E-state index is 14.6.